The lowest BCUT2D eigenvalue weighted by Gasteiger charge is -2.13. The molecule has 0 amide bonds. The Morgan fingerprint density at radius 1 is 1.11 bits per heavy atom. The SMILES string of the molecule is CCCCCOc1c(/C=C/C2=Nc3c(cc(F)c(F)c3F)C2)cccc1OC. The molecular formula is C22H22F3NO2. The molecule has 1 heterocycles. The fourth-order valence-corrected chi connectivity index (χ4v) is 3.06. The maximum Gasteiger partial charge on any atom is 0.196 e. The number of aliphatic imine (C=N–C) groups is 1. The Bertz CT molecular complexity index is 922. The van der Waals surface area contributed by atoms with Crippen molar-refractivity contribution < 1.29 is 22.6 Å². The van der Waals surface area contributed by atoms with E-state index in [0.717, 1.165) is 30.9 Å². The van der Waals surface area contributed by atoms with Gasteiger partial charge in [-0.2, -0.15) is 0 Å². The van der Waals surface area contributed by atoms with Crippen molar-refractivity contribution in [2.45, 2.75) is 32.6 Å². The summed E-state index contributed by atoms with van der Waals surface area (Å²) in [5, 5.41) is 0. The van der Waals surface area contributed by atoms with Crippen LogP contribution in [0.3, 0.4) is 0 Å². The smallest absolute Gasteiger partial charge is 0.196 e. The van der Waals surface area contributed by atoms with Crippen molar-refractivity contribution in [1.29, 1.82) is 0 Å². The van der Waals surface area contributed by atoms with E-state index in [1.807, 2.05) is 18.2 Å². The van der Waals surface area contributed by atoms with Crippen LogP contribution in [0.15, 0.2) is 35.3 Å². The minimum absolute atomic E-state index is 0.139. The summed E-state index contributed by atoms with van der Waals surface area (Å²) in [4.78, 5) is 4.10. The van der Waals surface area contributed by atoms with Gasteiger partial charge in [-0.15, -0.1) is 0 Å². The fraction of sp³-hybridized carbons (Fsp3) is 0.318. The number of halogens is 3. The van der Waals surface area contributed by atoms with E-state index < -0.39 is 17.5 Å². The number of hydrogen-bond acceptors (Lipinski definition) is 3. The Hall–Kier alpha value is -2.76. The van der Waals surface area contributed by atoms with Crippen LogP contribution in [-0.4, -0.2) is 19.4 Å². The number of methoxy groups -OCH3 is 1. The van der Waals surface area contributed by atoms with Crippen LogP contribution in [0, 0.1) is 17.5 Å². The largest absolute Gasteiger partial charge is 0.493 e. The van der Waals surface area contributed by atoms with Gasteiger partial charge in [-0.05, 0) is 36.3 Å². The first-order valence-corrected chi connectivity index (χ1v) is 9.27. The van der Waals surface area contributed by atoms with E-state index in [9.17, 15) is 13.2 Å². The van der Waals surface area contributed by atoms with Crippen molar-refractivity contribution in [3.05, 3.63) is 58.9 Å². The van der Waals surface area contributed by atoms with Gasteiger partial charge in [-0.25, -0.2) is 18.2 Å². The first-order chi connectivity index (χ1) is 13.5. The molecule has 28 heavy (non-hydrogen) atoms. The lowest BCUT2D eigenvalue weighted by atomic mass is 10.1. The molecule has 0 spiro atoms. The van der Waals surface area contributed by atoms with Gasteiger partial charge < -0.3 is 9.47 Å². The quantitative estimate of drug-likeness (QED) is 0.408. The fourth-order valence-electron chi connectivity index (χ4n) is 3.06. The molecule has 3 rings (SSSR count). The van der Waals surface area contributed by atoms with Crippen LogP contribution in [0.25, 0.3) is 6.08 Å². The molecule has 6 heteroatoms. The van der Waals surface area contributed by atoms with Gasteiger partial charge in [-0.1, -0.05) is 31.9 Å². The molecule has 2 aromatic rings. The molecule has 1 aliphatic heterocycles. The van der Waals surface area contributed by atoms with Gasteiger partial charge in [0.15, 0.2) is 29.0 Å². The topological polar surface area (TPSA) is 30.8 Å². The van der Waals surface area contributed by atoms with Crippen LogP contribution in [0.1, 0.15) is 37.3 Å². The number of ether oxygens (including phenoxy) is 2. The van der Waals surface area contributed by atoms with Crippen LogP contribution >= 0.6 is 0 Å². The van der Waals surface area contributed by atoms with Gasteiger partial charge in [0.05, 0.1) is 13.7 Å². The molecule has 0 unspecified atom stereocenters. The van der Waals surface area contributed by atoms with Crippen LogP contribution in [0.2, 0.25) is 0 Å². The summed E-state index contributed by atoms with van der Waals surface area (Å²) in [6.07, 6.45) is 6.83. The lowest BCUT2D eigenvalue weighted by Crippen LogP contribution is -2.01. The number of fused-ring (bicyclic) bond motifs is 1. The highest BCUT2D eigenvalue weighted by Crippen LogP contribution is 2.35. The van der Waals surface area contributed by atoms with E-state index in [1.165, 1.54) is 0 Å². The molecular weight excluding hydrogens is 367 g/mol. The van der Waals surface area contributed by atoms with Crippen molar-refractivity contribution in [1.82, 2.24) is 0 Å². The third-order valence-electron chi connectivity index (χ3n) is 4.52. The van der Waals surface area contributed by atoms with Gasteiger partial charge in [0.2, 0.25) is 0 Å². The number of benzene rings is 2. The van der Waals surface area contributed by atoms with Crippen molar-refractivity contribution in [2.75, 3.05) is 13.7 Å². The van der Waals surface area contributed by atoms with Crippen LogP contribution in [0.5, 0.6) is 11.5 Å². The van der Waals surface area contributed by atoms with Crippen molar-refractivity contribution in [3.63, 3.8) is 0 Å². The number of rotatable bonds is 8. The van der Waals surface area contributed by atoms with E-state index in [1.54, 1.807) is 19.3 Å². The predicted molar refractivity (Wildman–Crippen MR) is 104 cm³/mol. The van der Waals surface area contributed by atoms with Gasteiger partial charge in [0.1, 0.15) is 5.69 Å². The highest BCUT2D eigenvalue weighted by molar-refractivity contribution is 6.04. The molecule has 0 aliphatic carbocycles. The zero-order valence-corrected chi connectivity index (χ0v) is 15.9. The summed E-state index contributed by atoms with van der Waals surface area (Å²) in [5.74, 6) is -2.71. The highest BCUT2D eigenvalue weighted by Gasteiger charge is 2.23. The van der Waals surface area contributed by atoms with Gasteiger partial charge >= 0.3 is 0 Å². The van der Waals surface area contributed by atoms with E-state index in [-0.39, 0.29) is 12.1 Å². The molecule has 0 atom stereocenters. The molecule has 0 saturated heterocycles. The van der Waals surface area contributed by atoms with Crippen LogP contribution < -0.4 is 9.47 Å². The van der Waals surface area contributed by atoms with E-state index >= 15 is 0 Å². The van der Waals surface area contributed by atoms with Gasteiger partial charge in [0.25, 0.3) is 0 Å². The number of allylic oxidation sites excluding steroid dienone is 1. The van der Waals surface area contributed by atoms with Crippen molar-refractivity contribution in [2.24, 2.45) is 4.99 Å². The summed E-state index contributed by atoms with van der Waals surface area (Å²) in [5.41, 5.74) is 1.49. The average Bonchev–Trinajstić information content (AvgIpc) is 3.11. The second-order valence-electron chi connectivity index (χ2n) is 6.54. The summed E-state index contributed by atoms with van der Waals surface area (Å²) < 4.78 is 52.0. The van der Waals surface area contributed by atoms with Gasteiger partial charge in [-0.3, -0.25) is 0 Å². The lowest BCUT2D eigenvalue weighted by molar-refractivity contribution is 0.285. The zero-order valence-electron chi connectivity index (χ0n) is 15.9. The molecule has 0 saturated carbocycles. The summed E-state index contributed by atoms with van der Waals surface area (Å²) in [7, 11) is 1.57. The molecule has 0 radical (unpaired) electrons. The summed E-state index contributed by atoms with van der Waals surface area (Å²) >= 11 is 0. The molecule has 0 bridgehead atoms. The summed E-state index contributed by atoms with van der Waals surface area (Å²) in [6.45, 7) is 2.70. The van der Waals surface area contributed by atoms with E-state index in [0.29, 0.717) is 29.4 Å². The first kappa shape index (κ1) is 20.0. The Balaban J connectivity index is 1.82. The Kier molecular flexibility index (Phi) is 6.39. The maximum absolute atomic E-state index is 13.9. The van der Waals surface area contributed by atoms with Crippen molar-refractivity contribution >= 4 is 17.5 Å². The second-order valence-corrected chi connectivity index (χ2v) is 6.54. The monoisotopic (exact) mass is 389 g/mol. The van der Waals surface area contributed by atoms with Crippen LogP contribution in [-0.2, 0) is 6.42 Å². The number of para-hydroxylation sites is 1. The second kappa shape index (κ2) is 8.95. The average molecular weight is 389 g/mol. The maximum atomic E-state index is 13.9. The summed E-state index contributed by atoms with van der Waals surface area (Å²) in [6, 6.07) is 6.52. The molecule has 148 valence electrons. The number of nitrogens with zero attached hydrogens (tertiary/aromatic N) is 1. The normalized spacial score (nSPS) is 13.0. The number of unbranched alkanes of at least 4 members (excludes halogenated alkanes) is 2. The standard InChI is InChI=1S/C22H22F3NO2/c1-3-4-5-11-28-22-14(7-6-8-18(22)27-2)9-10-16-12-15-13-17(23)19(24)20(25)21(15)26-16/h6-10,13H,3-5,11-12H2,1-2H3/b10-9+. The Morgan fingerprint density at radius 2 is 1.93 bits per heavy atom. The molecule has 0 aromatic heterocycles. The minimum Gasteiger partial charge on any atom is -0.493 e. The third-order valence-corrected chi connectivity index (χ3v) is 4.52. The third kappa shape index (κ3) is 4.21. The van der Waals surface area contributed by atoms with Gasteiger partial charge in [0, 0.05) is 17.7 Å². The molecule has 1 aliphatic rings. The van der Waals surface area contributed by atoms with Crippen molar-refractivity contribution in [3.8, 4) is 11.5 Å². The molecule has 3 nitrogen and oxygen atoms in total. The Morgan fingerprint density at radius 3 is 2.68 bits per heavy atom. The molecule has 0 N–H and O–H groups in total. The van der Waals surface area contributed by atoms with Crippen LogP contribution in [0.4, 0.5) is 18.9 Å². The Labute approximate surface area is 162 Å². The predicted octanol–water partition coefficient (Wildman–Crippen LogP) is 6.02. The van der Waals surface area contributed by atoms with E-state index in [4.69, 9.17) is 9.47 Å². The zero-order chi connectivity index (χ0) is 20.1. The minimum atomic E-state index is -1.50. The first-order valence-electron chi connectivity index (χ1n) is 9.27. The number of hydrogen-bond donors (Lipinski definition) is 0. The molecule has 2 aromatic carbocycles. The van der Waals surface area contributed by atoms with E-state index in [2.05, 4.69) is 11.9 Å². The molecule has 0 fully saturated rings. The highest BCUT2D eigenvalue weighted by atomic mass is 19.2.